The van der Waals surface area contributed by atoms with E-state index in [4.69, 9.17) is 4.74 Å². The van der Waals surface area contributed by atoms with Crippen molar-refractivity contribution in [2.45, 2.75) is 45.6 Å². The fourth-order valence-electron chi connectivity index (χ4n) is 4.08. The van der Waals surface area contributed by atoms with E-state index in [0.29, 0.717) is 12.1 Å². The molecule has 0 N–H and O–H groups in total. The number of alkyl halides is 2. The summed E-state index contributed by atoms with van der Waals surface area (Å²) in [4.78, 5) is 7.44. The van der Waals surface area contributed by atoms with Gasteiger partial charge in [-0.3, -0.25) is 14.7 Å². The fourth-order valence-corrected chi connectivity index (χ4v) is 4.08. The highest BCUT2D eigenvalue weighted by atomic mass is 19.3. The van der Waals surface area contributed by atoms with Crippen molar-refractivity contribution in [3.05, 3.63) is 29.8 Å². The van der Waals surface area contributed by atoms with Crippen molar-refractivity contribution in [2.75, 3.05) is 52.4 Å². The van der Waals surface area contributed by atoms with Crippen LogP contribution >= 0.6 is 0 Å². The maximum atomic E-state index is 12.3. The molecule has 5 nitrogen and oxygen atoms in total. The minimum atomic E-state index is -2.78. The highest BCUT2D eigenvalue weighted by Gasteiger charge is 2.27. The van der Waals surface area contributed by atoms with Gasteiger partial charge in [-0.1, -0.05) is 12.1 Å². The molecule has 28 heavy (non-hydrogen) atoms. The van der Waals surface area contributed by atoms with Crippen molar-refractivity contribution in [3.63, 3.8) is 0 Å². The van der Waals surface area contributed by atoms with Crippen LogP contribution in [-0.2, 0) is 4.74 Å². The van der Waals surface area contributed by atoms with Crippen LogP contribution in [0, 0.1) is 0 Å². The maximum absolute atomic E-state index is 12.3. The Hall–Kier alpha value is -1.28. The molecule has 2 heterocycles. The molecule has 0 aliphatic carbocycles. The van der Waals surface area contributed by atoms with Gasteiger partial charge in [0.15, 0.2) is 0 Å². The summed E-state index contributed by atoms with van der Waals surface area (Å²) >= 11 is 0. The van der Waals surface area contributed by atoms with Crippen LogP contribution in [0.3, 0.4) is 0 Å². The predicted molar refractivity (Wildman–Crippen MR) is 106 cm³/mol. The standard InChI is InChI=1S/C21H33F2N3O2/c1-16(2)26-12-13-27-20(15-26)14-24-8-10-25(11-9-24)17(3)18-4-6-19(7-5-18)28-21(22)23/h4-7,16-17,20-21H,8-15H2,1-3H3. The lowest BCUT2D eigenvalue weighted by molar-refractivity contribution is -0.0574. The van der Waals surface area contributed by atoms with E-state index in [0.717, 1.165) is 58.0 Å². The molecule has 2 fully saturated rings. The first kappa shape index (κ1) is 21.4. The highest BCUT2D eigenvalue weighted by Crippen LogP contribution is 2.24. The quantitative estimate of drug-likeness (QED) is 0.705. The molecular formula is C21H33F2N3O2. The number of morpholine rings is 1. The van der Waals surface area contributed by atoms with Gasteiger partial charge < -0.3 is 9.47 Å². The lowest BCUT2D eigenvalue weighted by atomic mass is 10.1. The van der Waals surface area contributed by atoms with Crippen molar-refractivity contribution >= 4 is 0 Å². The molecule has 2 atom stereocenters. The summed E-state index contributed by atoms with van der Waals surface area (Å²) in [5.41, 5.74) is 1.12. The number of piperazine rings is 1. The Morgan fingerprint density at radius 1 is 1.00 bits per heavy atom. The Bertz CT molecular complexity index is 592. The summed E-state index contributed by atoms with van der Waals surface area (Å²) in [5, 5.41) is 0. The van der Waals surface area contributed by atoms with Crippen molar-refractivity contribution in [1.82, 2.24) is 14.7 Å². The van der Waals surface area contributed by atoms with Gasteiger partial charge in [-0.05, 0) is 38.5 Å². The van der Waals surface area contributed by atoms with Crippen LogP contribution in [0.1, 0.15) is 32.4 Å². The number of hydrogen-bond acceptors (Lipinski definition) is 5. The second-order valence-corrected chi connectivity index (χ2v) is 8.04. The van der Waals surface area contributed by atoms with Gasteiger partial charge in [-0.2, -0.15) is 8.78 Å². The first-order valence-corrected chi connectivity index (χ1v) is 10.3. The maximum Gasteiger partial charge on any atom is 0.387 e. The summed E-state index contributed by atoms with van der Waals surface area (Å²) in [6, 6.07) is 7.83. The van der Waals surface area contributed by atoms with Gasteiger partial charge >= 0.3 is 6.61 Å². The first-order chi connectivity index (χ1) is 13.4. The number of hydrogen-bond donors (Lipinski definition) is 0. The van der Waals surface area contributed by atoms with Gasteiger partial charge in [0.2, 0.25) is 0 Å². The summed E-state index contributed by atoms with van der Waals surface area (Å²) < 4.78 is 35.0. The molecule has 0 bridgehead atoms. The molecule has 2 unspecified atom stereocenters. The Morgan fingerprint density at radius 3 is 2.29 bits per heavy atom. The fraction of sp³-hybridized carbons (Fsp3) is 0.714. The van der Waals surface area contributed by atoms with E-state index >= 15 is 0 Å². The SMILES string of the molecule is CC(C)N1CCOC(CN2CCN(C(C)c3ccc(OC(F)F)cc3)CC2)C1. The molecule has 2 aliphatic rings. The van der Waals surface area contributed by atoms with Crippen molar-refractivity contribution in [2.24, 2.45) is 0 Å². The van der Waals surface area contributed by atoms with Crippen molar-refractivity contribution < 1.29 is 18.3 Å². The highest BCUT2D eigenvalue weighted by molar-refractivity contribution is 5.29. The summed E-state index contributed by atoms with van der Waals surface area (Å²) in [7, 11) is 0. The van der Waals surface area contributed by atoms with Gasteiger partial charge in [0.1, 0.15) is 5.75 Å². The molecule has 158 valence electrons. The van der Waals surface area contributed by atoms with Crippen LogP contribution in [0.4, 0.5) is 8.78 Å². The third kappa shape index (κ3) is 5.86. The molecule has 3 rings (SSSR count). The van der Waals surface area contributed by atoms with E-state index in [1.807, 2.05) is 12.1 Å². The van der Waals surface area contributed by atoms with Crippen LogP contribution in [0.15, 0.2) is 24.3 Å². The van der Waals surface area contributed by atoms with Crippen LogP contribution in [0.5, 0.6) is 5.75 Å². The zero-order chi connectivity index (χ0) is 20.1. The molecule has 0 amide bonds. The number of ether oxygens (including phenoxy) is 2. The second-order valence-electron chi connectivity index (χ2n) is 8.04. The molecule has 2 aliphatic heterocycles. The molecule has 2 saturated heterocycles. The zero-order valence-corrected chi connectivity index (χ0v) is 17.2. The van der Waals surface area contributed by atoms with Crippen LogP contribution in [-0.4, -0.2) is 85.9 Å². The van der Waals surface area contributed by atoms with E-state index in [1.165, 1.54) is 0 Å². The average Bonchev–Trinajstić information content (AvgIpc) is 2.68. The molecule has 1 aromatic rings. The Labute approximate surface area is 167 Å². The van der Waals surface area contributed by atoms with Crippen LogP contribution in [0.25, 0.3) is 0 Å². The van der Waals surface area contributed by atoms with E-state index in [-0.39, 0.29) is 11.8 Å². The van der Waals surface area contributed by atoms with Gasteiger partial charge in [-0.25, -0.2) is 0 Å². The zero-order valence-electron chi connectivity index (χ0n) is 17.2. The number of benzene rings is 1. The number of nitrogens with zero attached hydrogens (tertiary/aromatic N) is 3. The molecule has 0 saturated carbocycles. The minimum absolute atomic E-state index is 0.207. The molecular weight excluding hydrogens is 364 g/mol. The van der Waals surface area contributed by atoms with E-state index < -0.39 is 6.61 Å². The third-order valence-corrected chi connectivity index (χ3v) is 5.90. The predicted octanol–water partition coefficient (Wildman–Crippen LogP) is 3.08. The lowest BCUT2D eigenvalue weighted by Crippen LogP contribution is -2.53. The Balaban J connectivity index is 1.45. The van der Waals surface area contributed by atoms with Gasteiger partial charge in [0.25, 0.3) is 0 Å². The minimum Gasteiger partial charge on any atom is -0.435 e. The summed E-state index contributed by atoms with van der Waals surface area (Å²) in [6.07, 6.45) is 0.294. The van der Waals surface area contributed by atoms with E-state index in [2.05, 4.69) is 40.2 Å². The van der Waals surface area contributed by atoms with Crippen LogP contribution < -0.4 is 4.74 Å². The molecule has 0 aromatic heterocycles. The summed E-state index contributed by atoms with van der Waals surface area (Å²) in [5.74, 6) is 0.207. The number of rotatable bonds is 7. The van der Waals surface area contributed by atoms with Crippen molar-refractivity contribution in [1.29, 1.82) is 0 Å². The Morgan fingerprint density at radius 2 is 1.68 bits per heavy atom. The molecule has 0 spiro atoms. The van der Waals surface area contributed by atoms with Gasteiger partial charge in [0.05, 0.1) is 12.7 Å². The topological polar surface area (TPSA) is 28.2 Å². The van der Waals surface area contributed by atoms with E-state index in [1.54, 1.807) is 12.1 Å². The average molecular weight is 398 g/mol. The van der Waals surface area contributed by atoms with Gasteiger partial charge in [-0.15, -0.1) is 0 Å². The lowest BCUT2D eigenvalue weighted by Gasteiger charge is -2.41. The normalized spacial score (nSPS) is 24.0. The summed E-state index contributed by atoms with van der Waals surface area (Å²) in [6.45, 7) is 11.8. The molecule has 0 radical (unpaired) electrons. The van der Waals surface area contributed by atoms with Crippen LogP contribution in [0.2, 0.25) is 0 Å². The molecule has 7 heteroatoms. The Kier molecular flexibility index (Phi) is 7.62. The number of halogens is 2. The molecule has 1 aromatic carbocycles. The smallest absolute Gasteiger partial charge is 0.387 e. The van der Waals surface area contributed by atoms with Crippen molar-refractivity contribution in [3.8, 4) is 5.75 Å². The monoisotopic (exact) mass is 397 g/mol. The first-order valence-electron chi connectivity index (χ1n) is 10.3. The third-order valence-electron chi connectivity index (χ3n) is 5.90. The van der Waals surface area contributed by atoms with E-state index in [9.17, 15) is 8.78 Å². The van der Waals surface area contributed by atoms with Gasteiger partial charge in [0, 0.05) is 57.9 Å². The largest absolute Gasteiger partial charge is 0.435 e. The second kappa shape index (κ2) is 9.96.